The van der Waals surface area contributed by atoms with Crippen LogP contribution in [0.2, 0.25) is 0 Å². The van der Waals surface area contributed by atoms with Gasteiger partial charge < -0.3 is 4.74 Å². The maximum Gasteiger partial charge on any atom is 0.307 e. The Hall–Kier alpha value is -1.05. The van der Waals surface area contributed by atoms with Crippen LogP contribution in [0.3, 0.4) is 0 Å². The molecule has 78 valence electrons. The van der Waals surface area contributed by atoms with Gasteiger partial charge in [0.2, 0.25) is 0 Å². The van der Waals surface area contributed by atoms with Gasteiger partial charge in [-0.05, 0) is 36.3 Å². The monoisotopic (exact) mass is 194 g/mol. The molecule has 0 saturated heterocycles. The number of hydrogen-bond donors (Lipinski definition) is 0. The number of hydrogen-bond acceptors (Lipinski definition) is 2. The maximum absolute atomic E-state index is 10.7. The lowest BCUT2D eigenvalue weighted by molar-refractivity contribution is -0.135. The van der Waals surface area contributed by atoms with E-state index in [4.69, 9.17) is 4.74 Å². The Morgan fingerprint density at radius 2 is 2.21 bits per heavy atom. The summed E-state index contributed by atoms with van der Waals surface area (Å²) in [5.74, 6) is -0.258. The zero-order chi connectivity index (χ0) is 10.8. The van der Waals surface area contributed by atoms with Crippen LogP contribution < -0.4 is 0 Å². The van der Waals surface area contributed by atoms with Crippen LogP contribution in [-0.4, -0.2) is 5.97 Å². The highest BCUT2D eigenvalue weighted by atomic mass is 16.5. The lowest BCUT2D eigenvalue weighted by Gasteiger charge is -2.31. The highest BCUT2D eigenvalue weighted by molar-refractivity contribution is 5.66. The normalized spacial score (nSPS) is 23.1. The van der Waals surface area contributed by atoms with Crippen molar-refractivity contribution < 1.29 is 9.53 Å². The quantitative estimate of drug-likeness (QED) is 0.473. The van der Waals surface area contributed by atoms with Crippen molar-refractivity contribution in [1.82, 2.24) is 0 Å². The summed E-state index contributed by atoms with van der Waals surface area (Å²) in [5, 5.41) is 0. The van der Waals surface area contributed by atoms with Crippen LogP contribution >= 0.6 is 0 Å². The zero-order valence-electron chi connectivity index (χ0n) is 9.39. The standard InChI is InChI=1S/C12H18O2/c1-9-6-5-7-12(3,4)11(9)8-14-10(2)13/h6,8H,5,7H2,1-4H3/b11-8+. The van der Waals surface area contributed by atoms with Crippen molar-refractivity contribution in [3.8, 4) is 0 Å². The fraction of sp³-hybridized carbons (Fsp3) is 0.583. The van der Waals surface area contributed by atoms with Crippen LogP contribution in [0.1, 0.15) is 40.5 Å². The van der Waals surface area contributed by atoms with E-state index in [9.17, 15) is 4.79 Å². The van der Waals surface area contributed by atoms with Crippen LogP contribution in [0, 0.1) is 5.41 Å². The van der Waals surface area contributed by atoms with Crippen LogP contribution in [0.4, 0.5) is 0 Å². The number of ether oxygens (including phenoxy) is 1. The fourth-order valence-corrected chi connectivity index (χ4v) is 1.82. The Morgan fingerprint density at radius 1 is 1.57 bits per heavy atom. The van der Waals surface area contributed by atoms with Crippen molar-refractivity contribution >= 4 is 5.97 Å². The summed E-state index contributed by atoms with van der Waals surface area (Å²) >= 11 is 0. The van der Waals surface area contributed by atoms with Crippen molar-refractivity contribution in [2.24, 2.45) is 5.41 Å². The maximum atomic E-state index is 10.7. The summed E-state index contributed by atoms with van der Waals surface area (Å²) in [6.07, 6.45) is 6.02. The molecule has 0 spiro atoms. The average Bonchev–Trinajstić information content (AvgIpc) is 2.01. The van der Waals surface area contributed by atoms with Crippen molar-refractivity contribution in [3.05, 3.63) is 23.5 Å². The van der Waals surface area contributed by atoms with Gasteiger partial charge in [-0.25, -0.2) is 0 Å². The predicted octanol–water partition coefficient (Wildman–Crippen LogP) is 3.20. The van der Waals surface area contributed by atoms with E-state index >= 15 is 0 Å². The van der Waals surface area contributed by atoms with Gasteiger partial charge >= 0.3 is 5.97 Å². The first kappa shape index (κ1) is 11.0. The molecule has 0 aromatic heterocycles. The van der Waals surface area contributed by atoms with Crippen molar-refractivity contribution in [3.63, 3.8) is 0 Å². The molecule has 1 aliphatic carbocycles. The van der Waals surface area contributed by atoms with Crippen molar-refractivity contribution in [1.29, 1.82) is 0 Å². The first-order chi connectivity index (χ1) is 6.43. The summed E-state index contributed by atoms with van der Waals surface area (Å²) in [6.45, 7) is 7.85. The first-order valence-electron chi connectivity index (χ1n) is 4.98. The van der Waals surface area contributed by atoms with Crippen LogP contribution in [0.5, 0.6) is 0 Å². The van der Waals surface area contributed by atoms with Gasteiger partial charge in [-0.3, -0.25) is 4.79 Å². The lowest BCUT2D eigenvalue weighted by Crippen LogP contribution is -2.19. The zero-order valence-corrected chi connectivity index (χ0v) is 9.39. The molecule has 0 aromatic rings. The number of carbonyl (C=O) groups is 1. The van der Waals surface area contributed by atoms with E-state index in [2.05, 4.69) is 26.8 Å². The minimum Gasteiger partial charge on any atom is -0.434 e. The van der Waals surface area contributed by atoms with E-state index < -0.39 is 0 Å². The Labute approximate surface area is 85.6 Å². The van der Waals surface area contributed by atoms with Gasteiger partial charge in [-0.2, -0.15) is 0 Å². The summed E-state index contributed by atoms with van der Waals surface area (Å²) in [4.78, 5) is 10.7. The number of rotatable bonds is 1. The number of esters is 1. The van der Waals surface area contributed by atoms with Gasteiger partial charge in [0, 0.05) is 6.92 Å². The third kappa shape index (κ3) is 2.47. The molecule has 0 fully saturated rings. The summed E-state index contributed by atoms with van der Waals surface area (Å²) in [7, 11) is 0. The molecule has 2 nitrogen and oxygen atoms in total. The predicted molar refractivity (Wildman–Crippen MR) is 56.6 cm³/mol. The lowest BCUT2D eigenvalue weighted by atomic mass is 9.74. The van der Waals surface area contributed by atoms with Gasteiger partial charge in [0.05, 0.1) is 6.26 Å². The fourth-order valence-electron chi connectivity index (χ4n) is 1.82. The summed E-state index contributed by atoms with van der Waals surface area (Å²) < 4.78 is 4.95. The van der Waals surface area contributed by atoms with Gasteiger partial charge in [-0.1, -0.05) is 19.9 Å². The minimum absolute atomic E-state index is 0.119. The molecule has 0 radical (unpaired) electrons. The molecule has 0 amide bonds. The Bertz CT molecular complexity index is 295. The van der Waals surface area contributed by atoms with Crippen LogP contribution in [-0.2, 0) is 9.53 Å². The van der Waals surface area contributed by atoms with E-state index in [1.165, 1.54) is 12.5 Å². The molecule has 0 bridgehead atoms. The van der Waals surface area contributed by atoms with Crippen LogP contribution in [0.25, 0.3) is 0 Å². The molecule has 0 heterocycles. The van der Waals surface area contributed by atoms with E-state index in [1.807, 2.05) is 0 Å². The van der Waals surface area contributed by atoms with E-state index in [1.54, 1.807) is 6.26 Å². The van der Waals surface area contributed by atoms with Gasteiger partial charge in [-0.15, -0.1) is 0 Å². The van der Waals surface area contributed by atoms with E-state index in [0.717, 1.165) is 18.4 Å². The second kappa shape index (κ2) is 3.99. The molecule has 0 aliphatic heterocycles. The molecule has 0 saturated carbocycles. The largest absolute Gasteiger partial charge is 0.434 e. The summed E-state index contributed by atoms with van der Waals surface area (Å²) in [6, 6.07) is 0. The topological polar surface area (TPSA) is 26.3 Å². The second-order valence-electron chi connectivity index (χ2n) is 4.45. The van der Waals surface area contributed by atoms with Crippen molar-refractivity contribution in [2.45, 2.75) is 40.5 Å². The molecule has 14 heavy (non-hydrogen) atoms. The molecule has 2 heteroatoms. The van der Waals surface area contributed by atoms with Crippen LogP contribution in [0.15, 0.2) is 23.5 Å². The molecule has 0 atom stereocenters. The molecule has 0 N–H and O–H groups in total. The third-order valence-electron chi connectivity index (χ3n) is 2.72. The molecule has 1 rings (SSSR count). The van der Waals surface area contributed by atoms with E-state index in [0.29, 0.717) is 0 Å². The number of carbonyl (C=O) groups excluding carboxylic acids is 1. The van der Waals surface area contributed by atoms with Crippen molar-refractivity contribution in [2.75, 3.05) is 0 Å². The molecule has 0 unspecified atom stereocenters. The highest BCUT2D eigenvalue weighted by Gasteiger charge is 2.27. The second-order valence-corrected chi connectivity index (χ2v) is 4.45. The molecule has 1 aliphatic rings. The first-order valence-corrected chi connectivity index (χ1v) is 4.98. The summed E-state index contributed by atoms with van der Waals surface area (Å²) in [5.41, 5.74) is 2.48. The Morgan fingerprint density at radius 3 is 2.71 bits per heavy atom. The smallest absolute Gasteiger partial charge is 0.307 e. The SMILES string of the molecule is CC(=O)O/C=C1\C(C)=CCCC1(C)C. The third-order valence-corrected chi connectivity index (χ3v) is 2.72. The van der Waals surface area contributed by atoms with Gasteiger partial charge in [0.15, 0.2) is 0 Å². The minimum atomic E-state index is -0.258. The Kier molecular flexibility index (Phi) is 3.14. The highest BCUT2D eigenvalue weighted by Crippen LogP contribution is 2.40. The molecular formula is C12H18O2. The van der Waals surface area contributed by atoms with Gasteiger partial charge in [0.1, 0.15) is 0 Å². The van der Waals surface area contributed by atoms with E-state index in [-0.39, 0.29) is 11.4 Å². The Balaban J connectivity index is 2.91. The average molecular weight is 194 g/mol. The molecular weight excluding hydrogens is 176 g/mol. The molecule has 0 aromatic carbocycles. The number of allylic oxidation sites excluding steroid dienone is 3. The van der Waals surface area contributed by atoms with Gasteiger partial charge in [0.25, 0.3) is 0 Å².